The molecule has 54 valence electrons. The first-order valence-corrected chi connectivity index (χ1v) is 3.07. The predicted molar refractivity (Wildman–Crippen MR) is 38.0 cm³/mol. The molecule has 1 heterocycles. The molecule has 3 nitrogen and oxygen atoms in total. The fourth-order valence-corrected chi connectivity index (χ4v) is 0.765. The maximum absolute atomic E-state index is 4.87. The van der Waals surface area contributed by atoms with E-state index in [1.807, 2.05) is 25.1 Å². The Labute approximate surface area is 59.8 Å². The standard InChI is InChI=1S/C7H10N2O/c1-6-3-2-4-7(9-6)5-10-8/h2-4H,5,8H2,1H3. The van der Waals surface area contributed by atoms with Crippen molar-refractivity contribution in [3.63, 3.8) is 0 Å². The number of aromatic nitrogens is 1. The summed E-state index contributed by atoms with van der Waals surface area (Å²) in [6.07, 6.45) is 0. The number of nitrogens with two attached hydrogens (primary N) is 1. The van der Waals surface area contributed by atoms with Crippen LogP contribution in [0.1, 0.15) is 11.4 Å². The van der Waals surface area contributed by atoms with E-state index in [4.69, 9.17) is 5.90 Å². The van der Waals surface area contributed by atoms with Crippen LogP contribution >= 0.6 is 0 Å². The lowest BCUT2D eigenvalue weighted by atomic mass is 10.3. The molecular formula is C7H10N2O. The molecule has 3 heteroatoms. The van der Waals surface area contributed by atoms with E-state index in [1.165, 1.54) is 0 Å². The largest absolute Gasteiger partial charge is 0.298 e. The molecule has 0 unspecified atom stereocenters. The summed E-state index contributed by atoms with van der Waals surface area (Å²) < 4.78 is 0. The zero-order chi connectivity index (χ0) is 7.40. The van der Waals surface area contributed by atoms with E-state index in [-0.39, 0.29) is 0 Å². The maximum atomic E-state index is 4.87. The Kier molecular flexibility index (Phi) is 2.36. The van der Waals surface area contributed by atoms with Crippen LogP contribution in [0.4, 0.5) is 0 Å². The molecule has 0 aliphatic heterocycles. The fourth-order valence-electron chi connectivity index (χ4n) is 0.765. The molecule has 0 fully saturated rings. The minimum absolute atomic E-state index is 0.377. The summed E-state index contributed by atoms with van der Waals surface area (Å²) in [5.41, 5.74) is 1.84. The minimum atomic E-state index is 0.377. The monoisotopic (exact) mass is 138 g/mol. The van der Waals surface area contributed by atoms with E-state index < -0.39 is 0 Å². The van der Waals surface area contributed by atoms with Gasteiger partial charge in [0.2, 0.25) is 0 Å². The second-order valence-electron chi connectivity index (χ2n) is 2.08. The third-order valence-corrected chi connectivity index (χ3v) is 1.18. The second kappa shape index (κ2) is 3.29. The maximum Gasteiger partial charge on any atom is 0.110 e. The third kappa shape index (κ3) is 1.79. The van der Waals surface area contributed by atoms with Crippen LogP contribution in [0.2, 0.25) is 0 Å². The zero-order valence-electron chi connectivity index (χ0n) is 5.87. The number of hydrogen-bond acceptors (Lipinski definition) is 3. The lowest BCUT2D eigenvalue weighted by molar-refractivity contribution is 0.121. The predicted octanol–water partition coefficient (Wildman–Crippen LogP) is 0.780. The van der Waals surface area contributed by atoms with Gasteiger partial charge in [0.1, 0.15) is 6.61 Å². The van der Waals surface area contributed by atoms with Gasteiger partial charge in [-0.25, -0.2) is 5.90 Å². The van der Waals surface area contributed by atoms with E-state index in [2.05, 4.69) is 9.82 Å². The molecule has 2 N–H and O–H groups in total. The second-order valence-corrected chi connectivity index (χ2v) is 2.08. The van der Waals surface area contributed by atoms with Crippen molar-refractivity contribution < 1.29 is 4.84 Å². The summed E-state index contributed by atoms with van der Waals surface area (Å²) in [6, 6.07) is 5.73. The van der Waals surface area contributed by atoms with Gasteiger partial charge in [-0.2, -0.15) is 0 Å². The van der Waals surface area contributed by atoms with E-state index in [1.54, 1.807) is 0 Å². The van der Waals surface area contributed by atoms with Gasteiger partial charge in [-0.1, -0.05) is 6.07 Å². The summed E-state index contributed by atoms with van der Waals surface area (Å²) in [5, 5.41) is 0. The van der Waals surface area contributed by atoms with Gasteiger partial charge in [0.25, 0.3) is 0 Å². The molecule has 10 heavy (non-hydrogen) atoms. The first kappa shape index (κ1) is 7.18. The number of hydrogen-bond donors (Lipinski definition) is 1. The van der Waals surface area contributed by atoms with Crippen molar-refractivity contribution in [1.82, 2.24) is 4.98 Å². The van der Waals surface area contributed by atoms with E-state index in [9.17, 15) is 0 Å². The zero-order valence-corrected chi connectivity index (χ0v) is 5.87. The number of pyridine rings is 1. The molecule has 1 aromatic heterocycles. The molecule has 0 saturated carbocycles. The molecule has 0 aliphatic rings. The van der Waals surface area contributed by atoms with Crippen molar-refractivity contribution in [3.8, 4) is 0 Å². The molecular weight excluding hydrogens is 128 g/mol. The van der Waals surface area contributed by atoms with Crippen molar-refractivity contribution >= 4 is 0 Å². The van der Waals surface area contributed by atoms with Crippen LogP contribution in [0.25, 0.3) is 0 Å². The van der Waals surface area contributed by atoms with Crippen LogP contribution in [0.3, 0.4) is 0 Å². The molecule has 0 spiro atoms. The van der Waals surface area contributed by atoms with Gasteiger partial charge < -0.3 is 0 Å². The molecule has 0 amide bonds. The van der Waals surface area contributed by atoms with Crippen LogP contribution in [-0.4, -0.2) is 4.98 Å². The first-order valence-electron chi connectivity index (χ1n) is 3.07. The Morgan fingerprint density at radius 1 is 1.60 bits per heavy atom. The highest BCUT2D eigenvalue weighted by Gasteiger charge is 1.91. The molecule has 0 aliphatic carbocycles. The Hall–Kier alpha value is -0.930. The molecule has 1 aromatic rings. The normalized spacial score (nSPS) is 9.80. The highest BCUT2D eigenvalue weighted by Crippen LogP contribution is 1.97. The van der Waals surface area contributed by atoms with Gasteiger partial charge in [0.05, 0.1) is 5.69 Å². The van der Waals surface area contributed by atoms with Gasteiger partial charge in [-0.15, -0.1) is 0 Å². The number of rotatable bonds is 2. The van der Waals surface area contributed by atoms with Crippen LogP contribution in [0, 0.1) is 6.92 Å². The van der Waals surface area contributed by atoms with Gasteiger partial charge in [0.15, 0.2) is 0 Å². The van der Waals surface area contributed by atoms with E-state index >= 15 is 0 Å². The van der Waals surface area contributed by atoms with Crippen LogP contribution in [0.15, 0.2) is 18.2 Å². The van der Waals surface area contributed by atoms with Crippen LogP contribution in [0.5, 0.6) is 0 Å². The fraction of sp³-hybridized carbons (Fsp3) is 0.286. The van der Waals surface area contributed by atoms with Crippen molar-refractivity contribution in [2.75, 3.05) is 0 Å². The van der Waals surface area contributed by atoms with Gasteiger partial charge in [-0.3, -0.25) is 9.82 Å². The topological polar surface area (TPSA) is 48.1 Å². The van der Waals surface area contributed by atoms with Crippen LogP contribution in [-0.2, 0) is 11.4 Å². The Bertz CT molecular complexity index is 213. The van der Waals surface area contributed by atoms with Gasteiger partial charge in [-0.05, 0) is 19.1 Å². The molecule has 0 saturated heterocycles. The third-order valence-electron chi connectivity index (χ3n) is 1.18. The molecule has 0 aromatic carbocycles. The quantitative estimate of drug-likeness (QED) is 0.614. The van der Waals surface area contributed by atoms with Crippen LogP contribution < -0.4 is 5.90 Å². The smallest absolute Gasteiger partial charge is 0.110 e. The summed E-state index contributed by atoms with van der Waals surface area (Å²) in [4.78, 5) is 8.58. The summed E-state index contributed by atoms with van der Waals surface area (Å²) in [7, 11) is 0. The van der Waals surface area contributed by atoms with Gasteiger partial charge >= 0.3 is 0 Å². The summed E-state index contributed by atoms with van der Waals surface area (Å²) in [5.74, 6) is 4.87. The van der Waals surface area contributed by atoms with Gasteiger partial charge in [0, 0.05) is 5.69 Å². The van der Waals surface area contributed by atoms with Crippen molar-refractivity contribution in [2.45, 2.75) is 13.5 Å². The SMILES string of the molecule is Cc1cccc(CON)n1. The minimum Gasteiger partial charge on any atom is -0.298 e. The highest BCUT2D eigenvalue weighted by atomic mass is 16.6. The summed E-state index contributed by atoms with van der Waals surface area (Å²) in [6.45, 7) is 2.31. The Balaban J connectivity index is 2.75. The highest BCUT2D eigenvalue weighted by molar-refractivity contribution is 5.08. The molecule has 0 atom stereocenters. The van der Waals surface area contributed by atoms with Crippen molar-refractivity contribution in [3.05, 3.63) is 29.6 Å². The molecule has 0 bridgehead atoms. The van der Waals surface area contributed by atoms with Crippen molar-refractivity contribution in [2.24, 2.45) is 5.90 Å². The van der Waals surface area contributed by atoms with E-state index in [0.29, 0.717) is 6.61 Å². The van der Waals surface area contributed by atoms with E-state index in [0.717, 1.165) is 11.4 Å². The molecule has 0 radical (unpaired) electrons. The average Bonchev–Trinajstić information content (AvgIpc) is 1.88. The Morgan fingerprint density at radius 3 is 3.00 bits per heavy atom. The first-order chi connectivity index (χ1) is 4.83. The lowest BCUT2D eigenvalue weighted by Crippen LogP contribution is -2.01. The summed E-state index contributed by atoms with van der Waals surface area (Å²) >= 11 is 0. The number of nitrogens with zero attached hydrogens (tertiary/aromatic N) is 1. The lowest BCUT2D eigenvalue weighted by Gasteiger charge is -1.97. The molecule has 1 rings (SSSR count). The van der Waals surface area contributed by atoms with Crippen molar-refractivity contribution in [1.29, 1.82) is 0 Å². The Morgan fingerprint density at radius 2 is 2.40 bits per heavy atom. The average molecular weight is 138 g/mol. The number of aryl methyl sites for hydroxylation is 1.